The van der Waals surface area contributed by atoms with Crippen molar-refractivity contribution >= 4 is 17.5 Å². The number of carbonyl (C=O) groups excluding carboxylic acids is 2. The molecule has 1 N–H and O–H groups in total. The minimum Gasteiger partial charge on any atom is -0.336 e. The molecular formula is C19H19F2N3O2. The number of anilines is 1. The maximum absolute atomic E-state index is 13.7. The van der Waals surface area contributed by atoms with E-state index in [1.165, 1.54) is 12.1 Å². The molecule has 0 unspecified atom stereocenters. The van der Waals surface area contributed by atoms with Crippen molar-refractivity contribution in [3.8, 4) is 0 Å². The van der Waals surface area contributed by atoms with E-state index in [4.69, 9.17) is 0 Å². The molecule has 2 aromatic rings. The van der Waals surface area contributed by atoms with Gasteiger partial charge in [-0.25, -0.2) is 8.78 Å². The molecular weight excluding hydrogens is 340 g/mol. The van der Waals surface area contributed by atoms with Crippen molar-refractivity contribution in [2.45, 2.75) is 0 Å². The summed E-state index contributed by atoms with van der Waals surface area (Å²) >= 11 is 0. The van der Waals surface area contributed by atoms with Gasteiger partial charge in [0.15, 0.2) is 0 Å². The van der Waals surface area contributed by atoms with E-state index in [1.807, 2.05) is 7.05 Å². The summed E-state index contributed by atoms with van der Waals surface area (Å²) < 4.78 is 26.6. The van der Waals surface area contributed by atoms with Gasteiger partial charge < -0.3 is 15.1 Å². The standard InChI is InChI=1S/C19H19F2N3O2/c1-23-7-9-24(10-8-23)19(26)14-4-2-3-13(11-14)18(25)22-17-6-5-15(20)12-16(17)21/h2-6,11-12H,7-10H2,1H3,(H,22,25). The number of piperazine rings is 1. The fraction of sp³-hybridized carbons (Fsp3) is 0.263. The highest BCUT2D eigenvalue weighted by atomic mass is 19.1. The van der Waals surface area contributed by atoms with Crippen LogP contribution < -0.4 is 5.32 Å². The van der Waals surface area contributed by atoms with E-state index in [1.54, 1.807) is 17.0 Å². The van der Waals surface area contributed by atoms with Gasteiger partial charge in [0.05, 0.1) is 5.69 Å². The van der Waals surface area contributed by atoms with Crippen LogP contribution in [0.25, 0.3) is 0 Å². The zero-order valence-electron chi connectivity index (χ0n) is 14.3. The van der Waals surface area contributed by atoms with Crippen LogP contribution in [0.5, 0.6) is 0 Å². The van der Waals surface area contributed by atoms with Gasteiger partial charge >= 0.3 is 0 Å². The Hall–Kier alpha value is -2.80. The van der Waals surface area contributed by atoms with Crippen LogP contribution in [0.4, 0.5) is 14.5 Å². The van der Waals surface area contributed by atoms with E-state index in [0.717, 1.165) is 25.2 Å². The SMILES string of the molecule is CN1CCN(C(=O)c2cccc(C(=O)Nc3ccc(F)cc3F)c2)CC1. The second-order valence-electron chi connectivity index (χ2n) is 6.25. The Morgan fingerprint density at radius 3 is 2.35 bits per heavy atom. The molecule has 0 atom stereocenters. The molecule has 136 valence electrons. The van der Waals surface area contributed by atoms with Crippen molar-refractivity contribution < 1.29 is 18.4 Å². The molecule has 1 saturated heterocycles. The summed E-state index contributed by atoms with van der Waals surface area (Å²) in [6.07, 6.45) is 0. The van der Waals surface area contributed by atoms with Crippen LogP contribution in [0.15, 0.2) is 42.5 Å². The van der Waals surface area contributed by atoms with Crippen molar-refractivity contribution in [2.75, 3.05) is 38.5 Å². The topological polar surface area (TPSA) is 52.7 Å². The average Bonchev–Trinajstić information content (AvgIpc) is 2.64. The monoisotopic (exact) mass is 359 g/mol. The van der Waals surface area contributed by atoms with Crippen molar-refractivity contribution in [1.29, 1.82) is 0 Å². The summed E-state index contributed by atoms with van der Waals surface area (Å²) in [5, 5.41) is 2.39. The van der Waals surface area contributed by atoms with E-state index in [9.17, 15) is 18.4 Å². The van der Waals surface area contributed by atoms with E-state index in [-0.39, 0.29) is 17.2 Å². The van der Waals surface area contributed by atoms with Gasteiger partial charge in [0.1, 0.15) is 11.6 Å². The number of nitrogens with one attached hydrogen (secondary N) is 1. The Morgan fingerprint density at radius 1 is 0.962 bits per heavy atom. The zero-order valence-corrected chi connectivity index (χ0v) is 14.3. The number of hydrogen-bond acceptors (Lipinski definition) is 3. The fourth-order valence-electron chi connectivity index (χ4n) is 2.77. The van der Waals surface area contributed by atoms with Gasteiger partial charge in [-0.2, -0.15) is 0 Å². The van der Waals surface area contributed by atoms with Gasteiger partial charge in [0.25, 0.3) is 11.8 Å². The second-order valence-corrected chi connectivity index (χ2v) is 6.25. The molecule has 0 saturated carbocycles. The molecule has 26 heavy (non-hydrogen) atoms. The number of hydrogen-bond donors (Lipinski definition) is 1. The van der Waals surface area contributed by atoms with Crippen LogP contribution in [0.2, 0.25) is 0 Å². The lowest BCUT2D eigenvalue weighted by Gasteiger charge is -2.32. The number of likely N-dealkylation sites (N-methyl/N-ethyl adjacent to an activating group) is 1. The highest BCUT2D eigenvalue weighted by molar-refractivity contribution is 6.06. The first kappa shape index (κ1) is 18.0. The van der Waals surface area contributed by atoms with Crippen LogP contribution in [0.1, 0.15) is 20.7 Å². The minimum atomic E-state index is -0.858. The van der Waals surface area contributed by atoms with Crippen LogP contribution in [0, 0.1) is 11.6 Å². The molecule has 1 aliphatic heterocycles. The van der Waals surface area contributed by atoms with Crippen molar-refractivity contribution in [3.05, 3.63) is 65.2 Å². The Kier molecular flexibility index (Phi) is 5.27. The predicted molar refractivity (Wildman–Crippen MR) is 94.2 cm³/mol. The first-order valence-electron chi connectivity index (χ1n) is 8.28. The number of halogens is 2. The molecule has 2 aromatic carbocycles. The van der Waals surface area contributed by atoms with Gasteiger partial charge in [0.2, 0.25) is 0 Å². The van der Waals surface area contributed by atoms with Gasteiger partial charge in [0, 0.05) is 43.4 Å². The second kappa shape index (κ2) is 7.61. The third-order valence-corrected chi connectivity index (χ3v) is 4.34. The Balaban J connectivity index is 1.74. The maximum atomic E-state index is 13.7. The third-order valence-electron chi connectivity index (χ3n) is 4.34. The molecule has 1 heterocycles. The summed E-state index contributed by atoms with van der Waals surface area (Å²) in [6, 6.07) is 9.20. The van der Waals surface area contributed by atoms with Crippen LogP contribution in [-0.2, 0) is 0 Å². The number of amides is 2. The smallest absolute Gasteiger partial charge is 0.255 e. The molecule has 0 aliphatic carbocycles. The molecule has 0 aromatic heterocycles. The number of carbonyl (C=O) groups is 2. The molecule has 0 bridgehead atoms. The maximum Gasteiger partial charge on any atom is 0.255 e. The summed E-state index contributed by atoms with van der Waals surface area (Å²) in [4.78, 5) is 28.8. The number of nitrogens with zero attached hydrogens (tertiary/aromatic N) is 2. The van der Waals surface area contributed by atoms with Crippen LogP contribution in [0.3, 0.4) is 0 Å². The molecule has 0 radical (unpaired) electrons. The van der Waals surface area contributed by atoms with Gasteiger partial charge in [-0.3, -0.25) is 9.59 Å². The summed E-state index contributed by atoms with van der Waals surface area (Å²) in [7, 11) is 2.00. The summed E-state index contributed by atoms with van der Waals surface area (Å²) in [5.41, 5.74) is 0.516. The molecule has 3 rings (SSSR count). The lowest BCUT2D eigenvalue weighted by atomic mass is 10.1. The number of benzene rings is 2. The highest BCUT2D eigenvalue weighted by Gasteiger charge is 2.21. The Labute approximate surface area is 150 Å². The van der Waals surface area contributed by atoms with Crippen LogP contribution in [-0.4, -0.2) is 54.8 Å². The minimum absolute atomic E-state index is 0.118. The predicted octanol–water partition coefficient (Wildman–Crippen LogP) is 2.60. The van der Waals surface area contributed by atoms with E-state index in [2.05, 4.69) is 10.2 Å². The lowest BCUT2D eigenvalue weighted by Crippen LogP contribution is -2.47. The quantitative estimate of drug-likeness (QED) is 0.917. The lowest BCUT2D eigenvalue weighted by molar-refractivity contribution is 0.0664. The summed E-state index contributed by atoms with van der Waals surface area (Å²) in [6.45, 7) is 2.87. The van der Waals surface area contributed by atoms with Crippen molar-refractivity contribution in [1.82, 2.24) is 9.80 Å². The Bertz CT molecular complexity index is 833. The van der Waals surface area contributed by atoms with E-state index < -0.39 is 17.5 Å². The zero-order chi connectivity index (χ0) is 18.7. The van der Waals surface area contributed by atoms with E-state index >= 15 is 0 Å². The molecule has 7 heteroatoms. The van der Waals surface area contributed by atoms with E-state index in [0.29, 0.717) is 24.7 Å². The highest BCUT2D eigenvalue weighted by Crippen LogP contribution is 2.17. The molecule has 5 nitrogen and oxygen atoms in total. The van der Waals surface area contributed by atoms with Crippen LogP contribution >= 0.6 is 0 Å². The normalized spacial score (nSPS) is 15.0. The Morgan fingerprint density at radius 2 is 1.65 bits per heavy atom. The van der Waals surface area contributed by atoms with Gasteiger partial charge in [-0.05, 0) is 37.4 Å². The summed E-state index contributed by atoms with van der Waals surface area (Å²) in [5.74, 6) is -2.28. The molecule has 0 spiro atoms. The number of rotatable bonds is 3. The van der Waals surface area contributed by atoms with Gasteiger partial charge in [-0.15, -0.1) is 0 Å². The largest absolute Gasteiger partial charge is 0.336 e. The fourth-order valence-corrected chi connectivity index (χ4v) is 2.77. The first-order chi connectivity index (χ1) is 12.4. The molecule has 2 amide bonds. The molecule has 1 fully saturated rings. The van der Waals surface area contributed by atoms with Crippen molar-refractivity contribution in [3.63, 3.8) is 0 Å². The third kappa shape index (κ3) is 4.05. The molecule has 1 aliphatic rings. The van der Waals surface area contributed by atoms with Gasteiger partial charge in [-0.1, -0.05) is 6.07 Å². The first-order valence-corrected chi connectivity index (χ1v) is 8.28. The average molecular weight is 359 g/mol. The van der Waals surface area contributed by atoms with Crippen molar-refractivity contribution in [2.24, 2.45) is 0 Å².